The van der Waals surface area contributed by atoms with Gasteiger partial charge in [-0.05, 0) is 31.5 Å². The second kappa shape index (κ2) is 6.58. The lowest BCUT2D eigenvalue weighted by Crippen LogP contribution is -2.14. The largest absolute Gasteiger partial charge is 0.495 e. The second-order valence-electron chi connectivity index (χ2n) is 5.86. The number of methoxy groups -OCH3 is 1. The standard InChI is InChI=1S/C19H18ClNO3S/c1-12-8-9-18(13(2)10-12)25(22,23)21-17-11-16(20)19(24-3)15-7-5-4-6-14(15)17/h4-11,21H,1-3H3. The number of hydrogen-bond acceptors (Lipinski definition) is 3. The topological polar surface area (TPSA) is 55.4 Å². The molecular weight excluding hydrogens is 358 g/mol. The lowest BCUT2D eigenvalue weighted by Gasteiger charge is -2.15. The van der Waals surface area contributed by atoms with E-state index in [2.05, 4.69) is 4.72 Å². The molecule has 1 N–H and O–H groups in total. The van der Waals surface area contributed by atoms with Crippen LogP contribution < -0.4 is 9.46 Å². The van der Waals surface area contributed by atoms with Crippen molar-refractivity contribution in [2.75, 3.05) is 11.8 Å². The minimum Gasteiger partial charge on any atom is -0.495 e. The summed E-state index contributed by atoms with van der Waals surface area (Å²) in [4.78, 5) is 0.245. The monoisotopic (exact) mass is 375 g/mol. The summed E-state index contributed by atoms with van der Waals surface area (Å²) in [5.74, 6) is 0.520. The molecule has 0 saturated carbocycles. The number of hydrogen-bond donors (Lipinski definition) is 1. The Morgan fingerprint density at radius 1 is 1.00 bits per heavy atom. The van der Waals surface area contributed by atoms with E-state index in [1.807, 2.05) is 37.3 Å². The van der Waals surface area contributed by atoms with Gasteiger partial charge in [0.1, 0.15) is 5.75 Å². The number of sulfonamides is 1. The van der Waals surface area contributed by atoms with Crippen molar-refractivity contribution in [3.05, 3.63) is 64.7 Å². The van der Waals surface area contributed by atoms with Crippen molar-refractivity contribution < 1.29 is 13.2 Å². The molecule has 0 radical (unpaired) electrons. The quantitative estimate of drug-likeness (QED) is 0.704. The van der Waals surface area contributed by atoms with Crippen LogP contribution in [-0.4, -0.2) is 15.5 Å². The fourth-order valence-corrected chi connectivity index (χ4v) is 4.49. The molecule has 0 aliphatic rings. The summed E-state index contributed by atoms with van der Waals surface area (Å²) in [6.45, 7) is 3.70. The Bertz CT molecular complexity index is 1060. The summed E-state index contributed by atoms with van der Waals surface area (Å²) in [6, 6.07) is 14.2. The van der Waals surface area contributed by atoms with Gasteiger partial charge in [-0.1, -0.05) is 53.6 Å². The van der Waals surface area contributed by atoms with Gasteiger partial charge in [0.2, 0.25) is 0 Å². The van der Waals surface area contributed by atoms with Crippen LogP contribution in [0.2, 0.25) is 5.02 Å². The van der Waals surface area contributed by atoms with Gasteiger partial charge in [0.05, 0.1) is 22.7 Å². The summed E-state index contributed by atoms with van der Waals surface area (Å²) in [7, 11) is -2.20. The van der Waals surface area contributed by atoms with Crippen molar-refractivity contribution in [2.45, 2.75) is 18.7 Å². The molecule has 0 bridgehead atoms. The first kappa shape index (κ1) is 17.6. The van der Waals surface area contributed by atoms with Gasteiger partial charge in [0.25, 0.3) is 10.0 Å². The molecule has 6 heteroatoms. The summed E-state index contributed by atoms with van der Waals surface area (Å²) >= 11 is 6.28. The SMILES string of the molecule is COc1c(Cl)cc(NS(=O)(=O)c2ccc(C)cc2C)c2ccccc12. The maximum absolute atomic E-state index is 12.9. The molecule has 0 aromatic heterocycles. The molecule has 0 saturated heterocycles. The molecule has 0 aliphatic heterocycles. The third-order valence-corrected chi connectivity index (χ3v) is 5.82. The highest BCUT2D eigenvalue weighted by molar-refractivity contribution is 7.92. The molecule has 3 aromatic carbocycles. The molecule has 0 aliphatic carbocycles. The number of benzene rings is 3. The van der Waals surface area contributed by atoms with E-state index in [-0.39, 0.29) is 4.90 Å². The van der Waals surface area contributed by atoms with Crippen LogP contribution >= 0.6 is 11.6 Å². The van der Waals surface area contributed by atoms with Crippen LogP contribution in [0.15, 0.2) is 53.4 Å². The highest BCUT2D eigenvalue weighted by Gasteiger charge is 2.20. The minimum atomic E-state index is -3.74. The van der Waals surface area contributed by atoms with Crippen LogP contribution in [0.4, 0.5) is 5.69 Å². The summed E-state index contributed by atoms with van der Waals surface area (Å²) in [6.07, 6.45) is 0. The van der Waals surface area contributed by atoms with E-state index >= 15 is 0 Å². The van der Waals surface area contributed by atoms with E-state index in [0.717, 1.165) is 16.3 Å². The number of halogens is 1. The summed E-state index contributed by atoms with van der Waals surface area (Å²) in [5.41, 5.74) is 2.12. The summed E-state index contributed by atoms with van der Waals surface area (Å²) < 4.78 is 33.7. The number of rotatable bonds is 4. The zero-order valence-corrected chi connectivity index (χ0v) is 15.7. The Kier molecular flexibility index (Phi) is 4.62. The van der Waals surface area contributed by atoms with Gasteiger partial charge in [-0.15, -0.1) is 0 Å². The van der Waals surface area contributed by atoms with E-state index in [1.54, 1.807) is 25.1 Å². The number of fused-ring (bicyclic) bond motifs is 1. The maximum atomic E-state index is 12.9. The van der Waals surface area contributed by atoms with Crippen molar-refractivity contribution in [3.63, 3.8) is 0 Å². The molecular formula is C19H18ClNO3S. The number of aryl methyl sites for hydroxylation is 2. The molecule has 3 rings (SSSR count). The smallest absolute Gasteiger partial charge is 0.262 e. The zero-order chi connectivity index (χ0) is 18.2. The van der Waals surface area contributed by atoms with Crippen LogP contribution in [0, 0.1) is 13.8 Å². The average Bonchev–Trinajstić information content (AvgIpc) is 2.54. The van der Waals surface area contributed by atoms with Crippen molar-refractivity contribution >= 4 is 38.1 Å². The third kappa shape index (κ3) is 3.30. The van der Waals surface area contributed by atoms with Crippen LogP contribution in [-0.2, 0) is 10.0 Å². The average molecular weight is 376 g/mol. The van der Waals surface area contributed by atoms with Crippen LogP contribution in [0.3, 0.4) is 0 Å². The molecule has 0 unspecified atom stereocenters. The van der Waals surface area contributed by atoms with E-state index in [0.29, 0.717) is 22.0 Å². The molecule has 3 aromatic rings. The number of ether oxygens (including phenoxy) is 1. The fourth-order valence-electron chi connectivity index (χ4n) is 2.91. The molecule has 0 amide bonds. The first-order chi connectivity index (χ1) is 11.8. The first-order valence-corrected chi connectivity index (χ1v) is 9.55. The predicted octanol–water partition coefficient (Wildman–Crippen LogP) is 4.92. The van der Waals surface area contributed by atoms with E-state index in [9.17, 15) is 8.42 Å². The maximum Gasteiger partial charge on any atom is 0.262 e. The molecule has 0 heterocycles. The minimum absolute atomic E-state index is 0.245. The van der Waals surface area contributed by atoms with Gasteiger partial charge in [0, 0.05) is 10.8 Å². The van der Waals surface area contributed by atoms with E-state index in [1.165, 1.54) is 7.11 Å². The Balaban J connectivity index is 2.15. The molecule has 4 nitrogen and oxygen atoms in total. The number of anilines is 1. The number of nitrogens with one attached hydrogen (secondary N) is 1. The van der Waals surface area contributed by atoms with Gasteiger partial charge in [-0.2, -0.15) is 0 Å². The zero-order valence-electron chi connectivity index (χ0n) is 14.1. The first-order valence-electron chi connectivity index (χ1n) is 7.69. The van der Waals surface area contributed by atoms with Crippen LogP contribution in [0.25, 0.3) is 10.8 Å². The van der Waals surface area contributed by atoms with E-state index < -0.39 is 10.0 Å². The van der Waals surface area contributed by atoms with Crippen molar-refractivity contribution in [1.82, 2.24) is 0 Å². The van der Waals surface area contributed by atoms with Crippen LogP contribution in [0.1, 0.15) is 11.1 Å². The lowest BCUT2D eigenvalue weighted by atomic mass is 10.1. The Morgan fingerprint density at radius 2 is 1.68 bits per heavy atom. The van der Waals surface area contributed by atoms with Crippen LogP contribution in [0.5, 0.6) is 5.75 Å². The molecule has 130 valence electrons. The van der Waals surface area contributed by atoms with Crippen molar-refractivity contribution in [2.24, 2.45) is 0 Å². The molecule has 0 fully saturated rings. The van der Waals surface area contributed by atoms with Gasteiger partial charge >= 0.3 is 0 Å². The van der Waals surface area contributed by atoms with Gasteiger partial charge in [-0.25, -0.2) is 8.42 Å². The highest BCUT2D eigenvalue weighted by Crippen LogP contribution is 2.39. The van der Waals surface area contributed by atoms with Crippen molar-refractivity contribution in [3.8, 4) is 5.75 Å². The Hall–Kier alpha value is -2.24. The Labute approximate surface area is 152 Å². The lowest BCUT2D eigenvalue weighted by molar-refractivity contribution is 0.420. The Morgan fingerprint density at radius 3 is 2.32 bits per heavy atom. The molecule has 0 atom stereocenters. The summed E-state index contributed by atoms with van der Waals surface area (Å²) in [5, 5.41) is 1.81. The van der Waals surface area contributed by atoms with Gasteiger partial charge in [0.15, 0.2) is 0 Å². The van der Waals surface area contributed by atoms with Gasteiger partial charge in [-0.3, -0.25) is 4.72 Å². The second-order valence-corrected chi connectivity index (χ2v) is 7.92. The molecule has 25 heavy (non-hydrogen) atoms. The predicted molar refractivity (Wildman–Crippen MR) is 102 cm³/mol. The highest BCUT2D eigenvalue weighted by atomic mass is 35.5. The van der Waals surface area contributed by atoms with Gasteiger partial charge < -0.3 is 4.74 Å². The molecule has 0 spiro atoms. The fraction of sp³-hybridized carbons (Fsp3) is 0.158. The van der Waals surface area contributed by atoms with Crippen molar-refractivity contribution in [1.29, 1.82) is 0 Å². The normalized spacial score (nSPS) is 11.5. The third-order valence-electron chi connectivity index (χ3n) is 4.02. The van der Waals surface area contributed by atoms with E-state index in [4.69, 9.17) is 16.3 Å².